The highest BCUT2D eigenvalue weighted by atomic mass is 19.4. The number of hydrogen-bond donors (Lipinski definition) is 1. The summed E-state index contributed by atoms with van der Waals surface area (Å²) in [5.74, 6) is -0.761. The van der Waals surface area contributed by atoms with E-state index in [0.717, 1.165) is 12.1 Å². The molecule has 1 saturated carbocycles. The molecule has 21 heavy (non-hydrogen) atoms. The second kappa shape index (κ2) is 5.19. The molecule has 1 nitrogen and oxygen atoms in total. The molecule has 1 aliphatic carbocycles. The fraction of sp³-hybridized carbons (Fsp3) is 0.571. The molecule has 0 aromatic heterocycles. The number of halogens is 6. The molecule has 1 aromatic rings. The Morgan fingerprint density at radius 2 is 1.48 bits per heavy atom. The number of alkyl halides is 6. The second-order valence-electron chi connectivity index (χ2n) is 5.32. The van der Waals surface area contributed by atoms with Gasteiger partial charge >= 0.3 is 12.4 Å². The van der Waals surface area contributed by atoms with Crippen LogP contribution in [-0.4, -0.2) is 11.2 Å². The van der Waals surface area contributed by atoms with Crippen LogP contribution in [-0.2, 0) is 12.4 Å². The molecule has 3 atom stereocenters. The van der Waals surface area contributed by atoms with Crippen LogP contribution in [0.4, 0.5) is 26.3 Å². The van der Waals surface area contributed by atoms with Crippen LogP contribution >= 0.6 is 0 Å². The molecule has 0 aliphatic heterocycles. The first-order chi connectivity index (χ1) is 9.54. The van der Waals surface area contributed by atoms with E-state index in [2.05, 4.69) is 0 Å². The van der Waals surface area contributed by atoms with Gasteiger partial charge in [-0.2, -0.15) is 26.3 Å². The van der Waals surface area contributed by atoms with Crippen molar-refractivity contribution in [3.8, 4) is 0 Å². The van der Waals surface area contributed by atoms with Crippen molar-refractivity contribution in [1.29, 1.82) is 0 Å². The van der Waals surface area contributed by atoms with Crippen LogP contribution in [0.2, 0.25) is 0 Å². The van der Waals surface area contributed by atoms with E-state index in [4.69, 9.17) is 0 Å². The zero-order valence-electron chi connectivity index (χ0n) is 11.1. The van der Waals surface area contributed by atoms with Crippen molar-refractivity contribution in [2.45, 2.75) is 44.1 Å². The Balaban J connectivity index is 2.46. The molecule has 3 unspecified atom stereocenters. The van der Waals surface area contributed by atoms with Crippen LogP contribution in [0, 0.1) is 5.92 Å². The molecule has 0 amide bonds. The van der Waals surface area contributed by atoms with Crippen LogP contribution in [0.15, 0.2) is 18.2 Å². The quantitative estimate of drug-likeness (QED) is 0.791. The van der Waals surface area contributed by atoms with E-state index in [0.29, 0.717) is 6.42 Å². The average molecular weight is 312 g/mol. The summed E-state index contributed by atoms with van der Waals surface area (Å²) in [6.45, 7) is 1.75. The van der Waals surface area contributed by atoms with Gasteiger partial charge in [0.15, 0.2) is 0 Å². The number of rotatable bonds is 2. The fourth-order valence-corrected chi connectivity index (χ4v) is 2.81. The third-order valence-electron chi connectivity index (χ3n) is 4.02. The van der Waals surface area contributed by atoms with Gasteiger partial charge in [0.1, 0.15) is 0 Å². The maximum atomic E-state index is 12.8. The first-order valence-electron chi connectivity index (χ1n) is 6.51. The van der Waals surface area contributed by atoms with Gasteiger partial charge in [0, 0.05) is 0 Å². The molecule has 1 fully saturated rings. The third kappa shape index (κ3) is 3.17. The van der Waals surface area contributed by atoms with Gasteiger partial charge in [-0.25, -0.2) is 0 Å². The molecular weight excluding hydrogens is 298 g/mol. The molecule has 1 aliphatic rings. The van der Waals surface area contributed by atoms with Crippen molar-refractivity contribution >= 4 is 0 Å². The Labute approximate surface area is 117 Å². The molecule has 0 saturated heterocycles. The molecule has 1 aromatic carbocycles. The Hall–Kier alpha value is -1.24. The van der Waals surface area contributed by atoms with Crippen molar-refractivity contribution in [3.63, 3.8) is 0 Å². The highest BCUT2D eigenvalue weighted by Gasteiger charge is 2.42. The largest absolute Gasteiger partial charge is 0.416 e. The standard InChI is InChI=1S/C14H14F6O/c1-2-10-11(6-12(10)21)7-3-8(13(15,16)17)5-9(4-7)14(18,19)20/h3-5,10-12,21H,2,6H2,1H3. The molecule has 7 heteroatoms. The number of benzene rings is 1. The lowest BCUT2D eigenvalue weighted by Crippen LogP contribution is -2.39. The van der Waals surface area contributed by atoms with E-state index in [1.807, 2.05) is 0 Å². The summed E-state index contributed by atoms with van der Waals surface area (Å²) in [4.78, 5) is 0. The highest BCUT2D eigenvalue weighted by Crippen LogP contribution is 2.47. The summed E-state index contributed by atoms with van der Waals surface area (Å²) in [5.41, 5.74) is -2.61. The zero-order valence-corrected chi connectivity index (χ0v) is 11.1. The van der Waals surface area contributed by atoms with Crippen molar-refractivity contribution < 1.29 is 31.4 Å². The Bertz CT molecular complexity index is 487. The maximum absolute atomic E-state index is 12.8. The van der Waals surface area contributed by atoms with Crippen LogP contribution < -0.4 is 0 Å². The smallest absolute Gasteiger partial charge is 0.393 e. The topological polar surface area (TPSA) is 20.2 Å². The van der Waals surface area contributed by atoms with Crippen molar-refractivity contribution in [2.24, 2.45) is 5.92 Å². The highest BCUT2D eigenvalue weighted by molar-refractivity contribution is 5.37. The Kier molecular flexibility index (Phi) is 3.99. The van der Waals surface area contributed by atoms with Gasteiger partial charge in [0.25, 0.3) is 0 Å². The molecule has 0 spiro atoms. The van der Waals surface area contributed by atoms with Gasteiger partial charge < -0.3 is 5.11 Å². The molecule has 0 bridgehead atoms. The SMILES string of the molecule is CCC1C(O)CC1c1cc(C(F)(F)F)cc(C(F)(F)F)c1. The minimum atomic E-state index is -4.83. The fourth-order valence-electron chi connectivity index (χ4n) is 2.81. The first-order valence-corrected chi connectivity index (χ1v) is 6.51. The predicted molar refractivity (Wildman–Crippen MR) is 63.6 cm³/mol. The van der Waals surface area contributed by atoms with Crippen molar-refractivity contribution in [3.05, 3.63) is 34.9 Å². The lowest BCUT2D eigenvalue weighted by molar-refractivity contribution is -0.143. The minimum Gasteiger partial charge on any atom is -0.393 e. The van der Waals surface area contributed by atoms with Crippen LogP contribution in [0.3, 0.4) is 0 Å². The van der Waals surface area contributed by atoms with Gasteiger partial charge in [-0.3, -0.25) is 0 Å². The van der Waals surface area contributed by atoms with Gasteiger partial charge in [0.2, 0.25) is 0 Å². The van der Waals surface area contributed by atoms with E-state index in [1.54, 1.807) is 6.92 Å². The van der Waals surface area contributed by atoms with E-state index in [-0.39, 0.29) is 24.0 Å². The van der Waals surface area contributed by atoms with E-state index < -0.39 is 35.5 Å². The maximum Gasteiger partial charge on any atom is 0.416 e. The second-order valence-corrected chi connectivity index (χ2v) is 5.32. The number of aliphatic hydroxyl groups is 1. The van der Waals surface area contributed by atoms with Crippen LogP contribution in [0.25, 0.3) is 0 Å². The Morgan fingerprint density at radius 1 is 1.00 bits per heavy atom. The summed E-state index contributed by atoms with van der Waals surface area (Å²) in [6.07, 6.45) is -9.63. The van der Waals surface area contributed by atoms with E-state index in [1.165, 1.54) is 0 Å². The lowest BCUT2D eigenvalue weighted by atomic mass is 9.66. The van der Waals surface area contributed by atoms with Gasteiger partial charge in [-0.15, -0.1) is 0 Å². The van der Waals surface area contributed by atoms with Crippen LogP contribution in [0.5, 0.6) is 0 Å². The normalized spacial score (nSPS) is 26.6. The van der Waals surface area contributed by atoms with Gasteiger partial charge in [0.05, 0.1) is 17.2 Å². The summed E-state index contributed by atoms with van der Waals surface area (Å²) in [5, 5.41) is 9.55. The van der Waals surface area contributed by atoms with Crippen molar-refractivity contribution in [1.82, 2.24) is 0 Å². The average Bonchev–Trinajstić information content (AvgIpc) is 2.33. The van der Waals surface area contributed by atoms with Gasteiger partial charge in [-0.05, 0) is 42.0 Å². The molecule has 118 valence electrons. The van der Waals surface area contributed by atoms with Gasteiger partial charge in [-0.1, -0.05) is 13.3 Å². The molecule has 0 radical (unpaired) electrons. The lowest BCUT2D eigenvalue weighted by Gasteiger charge is -2.42. The summed E-state index contributed by atoms with van der Waals surface area (Å²) >= 11 is 0. The summed E-state index contributed by atoms with van der Waals surface area (Å²) in [6, 6.07) is 1.64. The van der Waals surface area contributed by atoms with Crippen LogP contribution in [0.1, 0.15) is 42.4 Å². The Morgan fingerprint density at radius 3 is 1.81 bits per heavy atom. The monoisotopic (exact) mass is 312 g/mol. The van der Waals surface area contributed by atoms with E-state index >= 15 is 0 Å². The zero-order chi connectivity index (χ0) is 16.0. The number of hydrogen-bond acceptors (Lipinski definition) is 1. The molecule has 0 heterocycles. The third-order valence-corrected chi connectivity index (χ3v) is 4.02. The molecule has 2 rings (SSSR count). The summed E-state index contributed by atoms with van der Waals surface area (Å²) in [7, 11) is 0. The van der Waals surface area contributed by atoms with Crippen molar-refractivity contribution in [2.75, 3.05) is 0 Å². The summed E-state index contributed by atoms with van der Waals surface area (Å²) < 4.78 is 76.6. The molecule has 1 N–H and O–H groups in total. The minimum absolute atomic E-state index is 0.00528. The number of aliphatic hydroxyl groups excluding tert-OH is 1. The first kappa shape index (κ1) is 16.1. The molecular formula is C14H14F6O. The predicted octanol–water partition coefficient (Wildman–Crippen LogP) is 4.60. The van der Waals surface area contributed by atoms with E-state index in [9.17, 15) is 31.4 Å².